The van der Waals surface area contributed by atoms with Gasteiger partial charge in [0.1, 0.15) is 60.4 Å². The van der Waals surface area contributed by atoms with Crippen molar-refractivity contribution in [2.75, 3.05) is 39.3 Å². The maximum atomic E-state index is 14.6. The van der Waals surface area contributed by atoms with Gasteiger partial charge in [-0.15, -0.1) is 0 Å². The molecule has 28 nitrogen and oxygen atoms in total. The Hall–Kier alpha value is -6.85. The van der Waals surface area contributed by atoms with Crippen molar-refractivity contribution in [1.82, 2.24) is 58.5 Å². The first-order valence-corrected chi connectivity index (χ1v) is 30.4. The van der Waals surface area contributed by atoms with Crippen LogP contribution in [0.15, 0.2) is 30.3 Å². The number of hydrogen-bond acceptors (Lipinski definition) is 17. The van der Waals surface area contributed by atoms with E-state index in [0.717, 1.165) is 19.3 Å². The summed E-state index contributed by atoms with van der Waals surface area (Å²) in [4.78, 5) is 155. The molecule has 2 rings (SSSR count). The number of aliphatic hydroxyl groups excluding tert-OH is 1. The van der Waals surface area contributed by atoms with Crippen molar-refractivity contribution in [3.05, 3.63) is 35.9 Å². The van der Waals surface area contributed by atoms with Gasteiger partial charge in [-0.25, -0.2) is 0 Å². The molecule has 11 amide bonds. The normalized spacial score (nSPS) is 22.5. The van der Waals surface area contributed by atoms with E-state index in [0.29, 0.717) is 17.9 Å². The molecule has 0 aliphatic carbocycles. The Morgan fingerprint density at radius 1 is 0.535 bits per heavy atom. The summed E-state index contributed by atoms with van der Waals surface area (Å²) in [7, 11) is 0. The lowest BCUT2D eigenvalue weighted by Gasteiger charge is -2.29. The van der Waals surface area contributed by atoms with Gasteiger partial charge in [0.25, 0.3) is 0 Å². The molecule has 12 atom stereocenters. The highest BCUT2D eigenvalue weighted by Crippen LogP contribution is 2.14. The first kappa shape index (κ1) is 75.2. The molecule has 1 aromatic rings. The van der Waals surface area contributed by atoms with Crippen molar-refractivity contribution in [3.63, 3.8) is 0 Å². The topological polar surface area (TPSA) is 470 Å². The number of rotatable bonds is 30. The molecule has 28 heteroatoms. The average molecular weight is 1220 g/mol. The third-order valence-electron chi connectivity index (χ3n) is 14.5. The van der Waals surface area contributed by atoms with Crippen molar-refractivity contribution in [2.24, 2.45) is 46.4 Å². The number of aliphatic hydroxyl groups is 1. The van der Waals surface area contributed by atoms with Gasteiger partial charge in [0.2, 0.25) is 65.0 Å². The molecule has 1 fully saturated rings. The van der Waals surface area contributed by atoms with E-state index in [1.165, 1.54) is 6.92 Å². The molecule has 486 valence electrons. The van der Waals surface area contributed by atoms with Gasteiger partial charge in [0, 0.05) is 19.4 Å². The lowest BCUT2D eigenvalue weighted by molar-refractivity contribution is -0.137. The van der Waals surface area contributed by atoms with Crippen molar-refractivity contribution >= 4 is 65.0 Å². The molecule has 0 radical (unpaired) electrons. The molecule has 1 aromatic carbocycles. The smallest absolute Gasteiger partial charge is 0.245 e. The molecule has 4 unspecified atom stereocenters. The summed E-state index contributed by atoms with van der Waals surface area (Å²) in [5.74, 6) is -8.87. The number of carbonyl (C=O) groups is 11. The Balaban J connectivity index is 2.69. The van der Waals surface area contributed by atoms with E-state index < -0.39 is 132 Å². The number of nitrogens with two attached hydrogens (primary N) is 5. The second kappa shape index (κ2) is 40.5. The largest absolute Gasteiger partial charge is 0.391 e. The summed E-state index contributed by atoms with van der Waals surface area (Å²) in [5, 5.41) is 39.8. The summed E-state index contributed by atoms with van der Waals surface area (Å²) < 4.78 is 0. The van der Waals surface area contributed by atoms with E-state index in [4.69, 9.17) is 28.7 Å². The van der Waals surface area contributed by atoms with Gasteiger partial charge in [0.15, 0.2) is 0 Å². The summed E-state index contributed by atoms with van der Waals surface area (Å²) in [6, 6.07) is -5.32. The summed E-state index contributed by atoms with van der Waals surface area (Å²) >= 11 is 0. The van der Waals surface area contributed by atoms with E-state index in [-0.39, 0.29) is 115 Å². The minimum atomic E-state index is -1.68. The average Bonchev–Trinajstić information content (AvgIpc) is 3.67. The molecule has 1 aliphatic heterocycles. The molecule has 86 heavy (non-hydrogen) atoms. The fourth-order valence-corrected chi connectivity index (χ4v) is 9.45. The van der Waals surface area contributed by atoms with Gasteiger partial charge in [-0.1, -0.05) is 91.1 Å². The van der Waals surface area contributed by atoms with Crippen LogP contribution in [0.5, 0.6) is 0 Å². The Kier molecular flexibility index (Phi) is 35.5. The summed E-state index contributed by atoms with van der Waals surface area (Å²) in [5.41, 5.74) is 30.1. The highest BCUT2D eigenvalue weighted by atomic mass is 16.3. The second-order valence-electron chi connectivity index (χ2n) is 23.0. The van der Waals surface area contributed by atoms with Gasteiger partial charge < -0.3 is 92.3 Å². The van der Waals surface area contributed by atoms with Crippen molar-refractivity contribution in [3.8, 4) is 0 Å². The van der Waals surface area contributed by atoms with Crippen LogP contribution in [0.2, 0.25) is 0 Å². The van der Waals surface area contributed by atoms with Crippen LogP contribution in [0.4, 0.5) is 0 Å². The zero-order chi connectivity index (χ0) is 64.5. The molecule has 0 aromatic heterocycles. The fraction of sp³-hybridized carbons (Fsp3) is 0.707. The van der Waals surface area contributed by atoms with E-state index in [1.54, 1.807) is 58.0 Å². The number of carbonyl (C=O) groups excluding carboxylic acids is 11. The van der Waals surface area contributed by atoms with Crippen LogP contribution >= 0.6 is 0 Å². The third-order valence-corrected chi connectivity index (χ3v) is 14.5. The van der Waals surface area contributed by atoms with Gasteiger partial charge in [-0.3, -0.25) is 52.7 Å². The fourth-order valence-electron chi connectivity index (χ4n) is 9.45. The van der Waals surface area contributed by atoms with Crippen LogP contribution < -0.4 is 87.2 Å². The van der Waals surface area contributed by atoms with Crippen LogP contribution in [-0.2, 0) is 59.2 Å². The molecule has 1 aliphatic rings. The molecule has 22 N–H and O–H groups in total. The number of hydrogen-bond donors (Lipinski definition) is 17. The maximum Gasteiger partial charge on any atom is 0.245 e. The Morgan fingerprint density at radius 2 is 0.988 bits per heavy atom. The molecular weight excluding hydrogens is 1110 g/mol. The minimum absolute atomic E-state index is 0.00468. The predicted octanol–water partition coefficient (Wildman–Crippen LogP) is -3.58. The number of unbranched alkanes of at least 4 members (excludes halogenated alkanes) is 1. The molecule has 0 bridgehead atoms. The molecule has 0 spiro atoms. The quantitative estimate of drug-likeness (QED) is 0.0331. The van der Waals surface area contributed by atoms with Crippen molar-refractivity contribution in [1.29, 1.82) is 0 Å². The monoisotopic (exact) mass is 1210 g/mol. The van der Waals surface area contributed by atoms with E-state index in [2.05, 4.69) is 72.3 Å². The summed E-state index contributed by atoms with van der Waals surface area (Å²) in [6.07, 6.45) is 0.991. The SMILES string of the molecule is CCC(C)CCCCC(=O)N[C@@H](CCN)C(=O)N[C@H](C(=O)N[C@@H](CCN)C(=O)NC1CCNC(=O)C(CC(C)C)NC(=O)[C@H](CCN)NC(=O)[C@H](CCN)NC(=O)[C@H](CC(C)C)NC(=O)[C@@H](Cc2ccccc2)NC(=O)C(CCN)NC1=O)[C@@H](C)O. The molecular formula is C58H102N16O12. The van der Waals surface area contributed by atoms with Gasteiger partial charge >= 0.3 is 0 Å². The lowest BCUT2D eigenvalue weighted by atomic mass is 10.00. The van der Waals surface area contributed by atoms with Crippen LogP contribution in [-0.4, -0.2) is 176 Å². The molecule has 1 saturated heterocycles. The van der Waals surface area contributed by atoms with Gasteiger partial charge in [0.05, 0.1) is 6.10 Å². The van der Waals surface area contributed by atoms with Crippen molar-refractivity contribution < 1.29 is 57.8 Å². The van der Waals surface area contributed by atoms with E-state index in [9.17, 15) is 57.8 Å². The Bertz CT molecular complexity index is 2330. The van der Waals surface area contributed by atoms with Crippen LogP contribution in [0.1, 0.15) is 138 Å². The molecule has 1 heterocycles. The third kappa shape index (κ3) is 27.7. The van der Waals surface area contributed by atoms with E-state index in [1.807, 2.05) is 0 Å². The predicted molar refractivity (Wildman–Crippen MR) is 324 cm³/mol. The summed E-state index contributed by atoms with van der Waals surface area (Å²) in [6.45, 7) is 11.8. The van der Waals surface area contributed by atoms with Crippen LogP contribution in [0, 0.1) is 17.8 Å². The molecule has 0 saturated carbocycles. The Labute approximate surface area is 506 Å². The lowest BCUT2D eigenvalue weighted by Crippen LogP contribution is -2.62. The maximum absolute atomic E-state index is 14.6. The number of amides is 11. The van der Waals surface area contributed by atoms with Crippen molar-refractivity contribution in [2.45, 2.75) is 205 Å². The first-order chi connectivity index (χ1) is 40.8. The van der Waals surface area contributed by atoms with Crippen LogP contribution in [0.25, 0.3) is 0 Å². The van der Waals surface area contributed by atoms with E-state index >= 15 is 0 Å². The number of benzene rings is 1. The standard InChI is InChI=1S/C58H102N16O12/c1-8-35(6)14-12-13-17-47(76)65-38(18-24-59)55(83)74-48(36(7)75)58(86)70-42(22-28-63)51(79)69-43-23-29-64-49(77)44(30-33(2)3)71-52(80)40(20-26-61)66-50(78)39(19-25-60)68-56(84)45(31-34(4)5)72-57(85)46(32-37-15-10-9-11-16-37)73-53(81)41(21-27-62)67-54(43)82/h9-11,15-16,33-36,38-46,48,75H,8,12-14,17-32,59-63H2,1-7H3,(H,64,77)(H,65,76)(H,66,78)(H,67,82)(H,68,84)(H,69,79)(H,70,86)(H,71,80)(H,72,85)(H,73,81)(H,74,83)/t35?,36-,38+,39+,40+,41?,42+,43?,44?,45+,46-,48+/m1/s1. The highest BCUT2D eigenvalue weighted by Gasteiger charge is 2.37. The first-order valence-electron chi connectivity index (χ1n) is 30.4. The van der Waals surface area contributed by atoms with Gasteiger partial charge in [-0.2, -0.15) is 0 Å². The Morgan fingerprint density at radius 3 is 1.47 bits per heavy atom. The zero-order valence-electron chi connectivity index (χ0n) is 51.4. The second-order valence-corrected chi connectivity index (χ2v) is 23.0. The zero-order valence-corrected chi connectivity index (χ0v) is 51.4. The minimum Gasteiger partial charge on any atom is -0.391 e. The van der Waals surface area contributed by atoms with Crippen LogP contribution in [0.3, 0.4) is 0 Å². The number of nitrogens with one attached hydrogen (secondary N) is 11. The van der Waals surface area contributed by atoms with Gasteiger partial charge in [-0.05, 0) is 121 Å². The highest BCUT2D eigenvalue weighted by molar-refractivity contribution is 5.99.